The molecule has 14 nitrogen and oxygen atoms in total. The molecule has 3 aliphatic heterocycles. The lowest BCUT2D eigenvalue weighted by Gasteiger charge is -2.47. The average Bonchev–Trinajstić information content (AvgIpc) is 3.73. The second-order valence-electron chi connectivity index (χ2n) is 11.0. The molecule has 6 heterocycles. The molecule has 1 spiro atoms. The zero-order chi connectivity index (χ0) is 31.2. The number of pyridine rings is 1. The van der Waals surface area contributed by atoms with Gasteiger partial charge in [-0.2, -0.15) is 15.1 Å². The number of aliphatic hydroxyl groups excluding tert-OH is 1. The number of anilines is 2. The lowest BCUT2D eigenvalue weighted by molar-refractivity contribution is -0.124. The van der Waals surface area contributed by atoms with Crippen molar-refractivity contribution in [2.24, 2.45) is 0 Å². The molecule has 240 valence electrons. The Balaban J connectivity index is 1.03. The summed E-state index contributed by atoms with van der Waals surface area (Å²) in [4.78, 5) is 31.0. The van der Waals surface area contributed by atoms with Crippen LogP contribution in [-0.2, 0) is 33.9 Å². The largest absolute Gasteiger partial charge is 0.394 e. The van der Waals surface area contributed by atoms with E-state index in [1.807, 2.05) is 11.0 Å². The lowest BCUT2D eigenvalue weighted by Crippen LogP contribution is -2.64. The predicted molar refractivity (Wildman–Crippen MR) is 163 cm³/mol. The number of hydrogen-bond donors (Lipinski definition) is 1. The van der Waals surface area contributed by atoms with Crippen molar-refractivity contribution in [2.45, 2.75) is 30.6 Å². The number of fused-ring (bicyclic) bond motifs is 3. The van der Waals surface area contributed by atoms with Crippen LogP contribution < -0.4 is 9.80 Å². The highest BCUT2D eigenvalue weighted by Gasteiger charge is 2.58. The maximum Gasteiger partial charge on any atom is 0.241 e. The van der Waals surface area contributed by atoms with E-state index in [4.69, 9.17) is 41.7 Å². The summed E-state index contributed by atoms with van der Waals surface area (Å²) in [6.45, 7) is 4.48. The van der Waals surface area contributed by atoms with Crippen molar-refractivity contribution < 1.29 is 33.6 Å². The smallest absolute Gasteiger partial charge is 0.241 e. The Kier molecular flexibility index (Phi) is 10.1. The maximum absolute atomic E-state index is 13.9. The molecule has 3 aromatic heterocycles. The van der Waals surface area contributed by atoms with Crippen LogP contribution in [0.25, 0.3) is 11.0 Å². The zero-order valence-corrected chi connectivity index (χ0v) is 25.6. The summed E-state index contributed by atoms with van der Waals surface area (Å²) in [6, 6.07) is 1.87. The molecule has 0 aromatic carbocycles. The first kappa shape index (κ1) is 31.6. The van der Waals surface area contributed by atoms with E-state index < -0.39 is 5.41 Å². The molecule has 45 heavy (non-hydrogen) atoms. The Morgan fingerprint density at radius 2 is 1.78 bits per heavy atom. The summed E-state index contributed by atoms with van der Waals surface area (Å²) in [5.41, 5.74) is 1.53. The fourth-order valence-electron chi connectivity index (χ4n) is 6.04. The Morgan fingerprint density at radius 3 is 2.49 bits per heavy atom. The van der Waals surface area contributed by atoms with Gasteiger partial charge in [0, 0.05) is 37.6 Å². The van der Waals surface area contributed by atoms with E-state index >= 15 is 0 Å². The highest BCUT2D eigenvalue weighted by Crippen LogP contribution is 2.48. The second kappa shape index (κ2) is 14.3. The standard InChI is InChI=1S/C30H36ClN7O7/c1-2-8-41-10-12-43-14-15-44-13-11-42-9-7-37-24-5-6-32-17-23(24)30(28(37)40)19-36(20-30)26-22-16-33-38(27(22)35-29(31)34-26)25-4-3-21(18-39)45-25/h1,5-6,16-17,21,25,39H,3-4,7-15,18-20H2. The third kappa shape index (κ3) is 6.48. The van der Waals surface area contributed by atoms with Crippen LogP contribution in [0.15, 0.2) is 24.7 Å². The van der Waals surface area contributed by atoms with Gasteiger partial charge >= 0.3 is 0 Å². The summed E-state index contributed by atoms with van der Waals surface area (Å²) in [6.07, 6.45) is 11.2. The third-order valence-electron chi connectivity index (χ3n) is 8.21. The van der Waals surface area contributed by atoms with Gasteiger partial charge in [0.25, 0.3) is 0 Å². The van der Waals surface area contributed by atoms with E-state index in [0.717, 1.165) is 23.1 Å². The van der Waals surface area contributed by atoms with Gasteiger partial charge in [0.05, 0.1) is 76.2 Å². The Morgan fingerprint density at radius 1 is 1.04 bits per heavy atom. The van der Waals surface area contributed by atoms with Crippen LogP contribution in [-0.4, -0.2) is 121 Å². The van der Waals surface area contributed by atoms with Crippen molar-refractivity contribution >= 4 is 40.0 Å². The summed E-state index contributed by atoms with van der Waals surface area (Å²) in [5.74, 6) is 3.02. The van der Waals surface area contributed by atoms with Gasteiger partial charge in [-0.05, 0) is 30.5 Å². The molecule has 2 unspecified atom stereocenters. The molecule has 15 heteroatoms. The zero-order valence-electron chi connectivity index (χ0n) is 24.8. The number of ether oxygens (including phenoxy) is 5. The number of aromatic nitrogens is 5. The molecule has 0 saturated carbocycles. The molecule has 2 atom stereocenters. The molecular formula is C30H36ClN7O7. The van der Waals surface area contributed by atoms with Crippen molar-refractivity contribution in [3.05, 3.63) is 35.5 Å². The number of carbonyl (C=O) groups is 1. The minimum absolute atomic E-state index is 0.00599. The van der Waals surface area contributed by atoms with Crippen LogP contribution in [0.2, 0.25) is 5.28 Å². The average molecular weight is 642 g/mol. The molecule has 1 N–H and O–H groups in total. The number of rotatable bonds is 16. The van der Waals surface area contributed by atoms with Gasteiger partial charge < -0.3 is 38.6 Å². The number of hydrogen-bond acceptors (Lipinski definition) is 12. The van der Waals surface area contributed by atoms with Crippen molar-refractivity contribution in [1.82, 2.24) is 24.7 Å². The van der Waals surface area contributed by atoms with E-state index in [2.05, 4.69) is 26.0 Å². The summed E-state index contributed by atoms with van der Waals surface area (Å²) in [5, 5.41) is 14.8. The van der Waals surface area contributed by atoms with Crippen LogP contribution in [0.3, 0.4) is 0 Å². The maximum atomic E-state index is 13.9. The predicted octanol–water partition coefficient (Wildman–Crippen LogP) is 1.35. The minimum atomic E-state index is -0.749. The highest BCUT2D eigenvalue weighted by molar-refractivity contribution is 6.28. The number of nitrogens with zero attached hydrogens (tertiary/aromatic N) is 7. The van der Waals surface area contributed by atoms with Gasteiger partial charge in [-0.1, -0.05) is 5.92 Å². The molecule has 0 aliphatic carbocycles. The lowest BCUT2D eigenvalue weighted by atomic mass is 9.75. The molecule has 3 aromatic rings. The van der Waals surface area contributed by atoms with Gasteiger partial charge in [0.2, 0.25) is 11.2 Å². The van der Waals surface area contributed by atoms with Crippen molar-refractivity contribution in [1.29, 1.82) is 0 Å². The number of halogens is 1. The molecule has 2 fully saturated rings. The first-order valence-corrected chi connectivity index (χ1v) is 15.4. The van der Waals surface area contributed by atoms with Gasteiger partial charge in [-0.3, -0.25) is 9.78 Å². The Labute approximate surface area is 265 Å². The topological polar surface area (TPSA) is 146 Å². The Hall–Kier alpha value is -3.42. The SMILES string of the molecule is C#CCOCCOCCOCCOCCN1C(=O)C2(CN(c3nc(Cl)nc4c3cnn4C3CCC(CO)O3)C2)c2cnccc21. The summed E-state index contributed by atoms with van der Waals surface area (Å²) in [7, 11) is 0. The fourth-order valence-corrected chi connectivity index (χ4v) is 6.20. The van der Waals surface area contributed by atoms with Gasteiger partial charge in [0.1, 0.15) is 17.8 Å². The van der Waals surface area contributed by atoms with E-state index in [-0.39, 0.29) is 36.7 Å². The summed E-state index contributed by atoms with van der Waals surface area (Å²) < 4.78 is 29.5. The van der Waals surface area contributed by atoms with Crippen molar-refractivity contribution in [2.75, 3.05) is 88.9 Å². The first-order chi connectivity index (χ1) is 22.1. The van der Waals surface area contributed by atoms with E-state index in [9.17, 15) is 9.90 Å². The minimum Gasteiger partial charge on any atom is -0.394 e. The van der Waals surface area contributed by atoms with Gasteiger partial charge in [-0.25, -0.2) is 4.68 Å². The third-order valence-corrected chi connectivity index (χ3v) is 8.38. The first-order valence-electron chi connectivity index (χ1n) is 15.0. The molecule has 6 rings (SSSR count). The number of carbonyl (C=O) groups excluding carboxylic acids is 1. The second-order valence-corrected chi connectivity index (χ2v) is 11.3. The van der Waals surface area contributed by atoms with Crippen LogP contribution in [0.5, 0.6) is 0 Å². The molecule has 1 amide bonds. The van der Waals surface area contributed by atoms with Crippen LogP contribution >= 0.6 is 11.6 Å². The molecule has 0 radical (unpaired) electrons. The monoisotopic (exact) mass is 641 g/mol. The molecule has 0 bridgehead atoms. The van der Waals surface area contributed by atoms with E-state index in [1.54, 1.807) is 28.2 Å². The van der Waals surface area contributed by atoms with Crippen molar-refractivity contribution in [3.8, 4) is 12.3 Å². The van der Waals surface area contributed by atoms with Gasteiger partial charge in [-0.15, -0.1) is 6.42 Å². The molecule has 3 aliphatic rings. The number of aliphatic hydroxyl groups is 1. The molecule has 2 saturated heterocycles. The van der Waals surface area contributed by atoms with E-state index in [0.29, 0.717) is 83.8 Å². The van der Waals surface area contributed by atoms with Crippen molar-refractivity contribution in [3.63, 3.8) is 0 Å². The van der Waals surface area contributed by atoms with Crippen LogP contribution in [0, 0.1) is 12.3 Å². The Bertz CT molecular complexity index is 1530. The number of amides is 1. The van der Waals surface area contributed by atoms with E-state index in [1.165, 1.54) is 0 Å². The fraction of sp³-hybridized carbons (Fsp3) is 0.567. The number of terminal acetylenes is 1. The highest BCUT2D eigenvalue weighted by atomic mass is 35.5. The molecular weight excluding hydrogens is 606 g/mol. The van der Waals surface area contributed by atoms with Crippen LogP contribution in [0.4, 0.5) is 11.5 Å². The quantitative estimate of drug-likeness (QED) is 0.137. The van der Waals surface area contributed by atoms with Crippen LogP contribution in [0.1, 0.15) is 24.6 Å². The summed E-state index contributed by atoms with van der Waals surface area (Å²) >= 11 is 6.38. The normalized spacial score (nSPS) is 20.2. The van der Waals surface area contributed by atoms with Gasteiger partial charge in [0.15, 0.2) is 11.9 Å².